The van der Waals surface area contributed by atoms with E-state index in [2.05, 4.69) is 0 Å². The highest BCUT2D eigenvalue weighted by atomic mass is 32.2. The molecule has 1 saturated heterocycles. The molecule has 0 unspecified atom stereocenters. The molecular formula is C25H24FN3O3S. The fraction of sp³-hybridized carbons (Fsp3) is 0.240. The molecule has 0 aliphatic carbocycles. The normalized spacial score (nSPS) is 16.1. The predicted molar refractivity (Wildman–Crippen MR) is 126 cm³/mol. The Hall–Kier alpha value is -3.39. The molecule has 2 aliphatic rings. The van der Waals surface area contributed by atoms with Crippen LogP contribution in [0.25, 0.3) is 0 Å². The lowest BCUT2D eigenvalue weighted by atomic mass is 10.1. The number of piperazine rings is 1. The van der Waals surface area contributed by atoms with Crippen LogP contribution < -0.4 is 9.21 Å². The highest BCUT2D eigenvalue weighted by molar-refractivity contribution is 7.92. The fourth-order valence-electron chi connectivity index (χ4n) is 4.52. The summed E-state index contributed by atoms with van der Waals surface area (Å²) in [4.78, 5) is 16.9. The highest BCUT2D eigenvalue weighted by Crippen LogP contribution is 2.33. The molecule has 0 radical (unpaired) electrons. The van der Waals surface area contributed by atoms with E-state index in [1.165, 1.54) is 22.5 Å². The first-order valence-corrected chi connectivity index (χ1v) is 12.4. The number of carbonyl (C=O) groups is 1. The van der Waals surface area contributed by atoms with Gasteiger partial charge >= 0.3 is 0 Å². The molecule has 170 valence electrons. The minimum atomic E-state index is -3.78. The first-order valence-electron chi connectivity index (χ1n) is 10.9. The molecule has 5 rings (SSSR count). The number of rotatable bonds is 4. The van der Waals surface area contributed by atoms with Gasteiger partial charge < -0.3 is 9.80 Å². The maximum absolute atomic E-state index is 14.1. The van der Waals surface area contributed by atoms with Crippen LogP contribution in [-0.2, 0) is 16.4 Å². The smallest absolute Gasteiger partial charge is 0.264 e. The highest BCUT2D eigenvalue weighted by Gasteiger charge is 2.31. The molecule has 33 heavy (non-hydrogen) atoms. The van der Waals surface area contributed by atoms with E-state index in [0.29, 0.717) is 56.1 Å². The van der Waals surface area contributed by atoms with Gasteiger partial charge in [-0.15, -0.1) is 0 Å². The van der Waals surface area contributed by atoms with Crippen LogP contribution in [0, 0.1) is 5.82 Å². The largest absolute Gasteiger partial charge is 0.366 e. The zero-order valence-corrected chi connectivity index (χ0v) is 18.8. The quantitative estimate of drug-likeness (QED) is 0.592. The Bertz CT molecular complexity index is 1300. The molecule has 0 atom stereocenters. The summed E-state index contributed by atoms with van der Waals surface area (Å²) in [5.41, 5.74) is 2.56. The van der Waals surface area contributed by atoms with Crippen LogP contribution in [0.4, 0.5) is 15.8 Å². The van der Waals surface area contributed by atoms with E-state index >= 15 is 0 Å². The zero-order valence-electron chi connectivity index (χ0n) is 18.0. The van der Waals surface area contributed by atoms with Gasteiger partial charge in [0.05, 0.1) is 16.3 Å². The van der Waals surface area contributed by atoms with Gasteiger partial charge in [-0.05, 0) is 48.4 Å². The average Bonchev–Trinajstić information content (AvgIpc) is 3.29. The lowest BCUT2D eigenvalue weighted by Crippen LogP contribution is -2.49. The lowest BCUT2D eigenvalue weighted by Gasteiger charge is -2.36. The third kappa shape index (κ3) is 3.95. The second-order valence-electron chi connectivity index (χ2n) is 8.21. The van der Waals surface area contributed by atoms with Gasteiger partial charge in [0.2, 0.25) is 0 Å². The third-order valence-electron chi connectivity index (χ3n) is 6.27. The maximum atomic E-state index is 14.1. The molecule has 1 fully saturated rings. The Balaban J connectivity index is 1.33. The molecule has 3 aromatic rings. The molecule has 0 aromatic heterocycles. The molecule has 2 aliphatic heterocycles. The zero-order chi connectivity index (χ0) is 23.0. The summed E-state index contributed by atoms with van der Waals surface area (Å²) in [5.74, 6) is -0.499. The van der Waals surface area contributed by atoms with Crippen molar-refractivity contribution in [1.29, 1.82) is 0 Å². The Morgan fingerprint density at radius 1 is 0.788 bits per heavy atom. The van der Waals surface area contributed by atoms with Crippen LogP contribution in [0.2, 0.25) is 0 Å². The van der Waals surface area contributed by atoms with Gasteiger partial charge in [-0.1, -0.05) is 36.4 Å². The van der Waals surface area contributed by atoms with Crippen molar-refractivity contribution < 1.29 is 17.6 Å². The van der Waals surface area contributed by atoms with Crippen molar-refractivity contribution in [3.05, 3.63) is 89.7 Å². The van der Waals surface area contributed by atoms with Crippen molar-refractivity contribution in [2.45, 2.75) is 11.3 Å². The summed E-state index contributed by atoms with van der Waals surface area (Å²) in [5, 5.41) is 0. The summed E-state index contributed by atoms with van der Waals surface area (Å²) in [7, 11) is -3.78. The number of carbonyl (C=O) groups excluding carboxylic acids is 1. The molecule has 6 nitrogen and oxygen atoms in total. The number of hydrogen-bond acceptors (Lipinski definition) is 4. The monoisotopic (exact) mass is 465 g/mol. The van der Waals surface area contributed by atoms with Crippen molar-refractivity contribution in [2.24, 2.45) is 0 Å². The molecule has 0 saturated carbocycles. The van der Waals surface area contributed by atoms with Gasteiger partial charge in [0.25, 0.3) is 15.9 Å². The molecule has 8 heteroatoms. The summed E-state index contributed by atoms with van der Waals surface area (Å²) < 4.78 is 42.2. The summed E-state index contributed by atoms with van der Waals surface area (Å²) in [6, 6.07) is 20.3. The number of fused-ring (bicyclic) bond motifs is 1. The van der Waals surface area contributed by atoms with Gasteiger partial charge in [0.1, 0.15) is 5.82 Å². The van der Waals surface area contributed by atoms with Gasteiger partial charge in [-0.2, -0.15) is 0 Å². The minimum absolute atomic E-state index is 0.107. The first-order chi connectivity index (χ1) is 15.9. The summed E-state index contributed by atoms with van der Waals surface area (Å²) in [6.07, 6.45) is 0.667. The van der Waals surface area contributed by atoms with Crippen LogP contribution in [0.1, 0.15) is 15.9 Å². The van der Waals surface area contributed by atoms with Crippen LogP contribution in [-0.4, -0.2) is 51.9 Å². The van der Waals surface area contributed by atoms with E-state index in [-0.39, 0.29) is 16.6 Å². The predicted octanol–water partition coefficient (Wildman–Crippen LogP) is 3.54. The molecule has 0 bridgehead atoms. The Morgan fingerprint density at radius 3 is 2.24 bits per heavy atom. The SMILES string of the molecule is O=C(c1cccc(S(=O)(=O)N2CCc3ccccc32)c1)N1CCN(c2ccccc2F)CC1. The Morgan fingerprint density at radius 2 is 1.48 bits per heavy atom. The van der Waals surface area contributed by atoms with Crippen molar-refractivity contribution in [3.63, 3.8) is 0 Å². The number of para-hydroxylation sites is 2. The van der Waals surface area contributed by atoms with Crippen LogP contribution >= 0.6 is 0 Å². The second kappa shape index (κ2) is 8.51. The van der Waals surface area contributed by atoms with Crippen molar-refractivity contribution in [2.75, 3.05) is 41.9 Å². The summed E-state index contributed by atoms with van der Waals surface area (Å²) in [6.45, 7) is 2.27. The van der Waals surface area contributed by atoms with Gasteiger partial charge in [-0.25, -0.2) is 12.8 Å². The Labute approximate surface area is 192 Å². The van der Waals surface area contributed by atoms with E-state index in [4.69, 9.17) is 0 Å². The number of hydrogen-bond donors (Lipinski definition) is 0. The minimum Gasteiger partial charge on any atom is -0.366 e. The standard InChI is InChI=1S/C25H24FN3O3S/c26-22-9-2-4-11-24(22)27-14-16-28(17-15-27)25(30)20-7-5-8-21(18-20)33(31,32)29-13-12-19-6-1-3-10-23(19)29/h1-11,18H,12-17H2. The molecule has 2 heterocycles. The topological polar surface area (TPSA) is 60.9 Å². The van der Waals surface area contributed by atoms with Crippen molar-refractivity contribution >= 4 is 27.3 Å². The van der Waals surface area contributed by atoms with Crippen LogP contribution in [0.5, 0.6) is 0 Å². The van der Waals surface area contributed by atoms with E-state index in [1.54, 1.807) is 35.2 Å². The number of amides is 1. The van der Waals surface area contributed by atoms with Crippen molar-refractivity contribution in [3.8, 4) is 0 Å². The first kappa shape index (κ1) is 21.5. The van der Waals surface area contributed by atoms with E-state index in [0.717, 1.165) is 5.56 Å². The van der Waals surface area contributed by atoms with Crippen LogP contribution in [0.3, 0.4) is 0 Å². The van der Waals surface area contributed by atoms with Crippen molar-refractivity contribution in [1.82, 2.24) is 4.90 Å². The molecule has 3 aromatic carbocycles. The van der Waals surface area contributed by atoms with Gasteiger partial charge in [-0.3, -0.25) is 9.10 Å². The lowest BCUT2D eigenvalue weighted by molar-refractivity contribution is 0.0746. The van der Waals surface area contributed by atoms with Gasteiger partial charge in [0, 0.05) is 38.3 Å². The number of anilines is 2. The summed E-state index contributed by atoms with van der Waals surface area (Å²) >= 11 is 0. The van der Waals surface area contributed by atoms with E-state index < -0.39 is 10.0 Å². The average molecular weight is 466 g/mol. The van der Waals surface area contributed by atoms with E-state index in [9.17, 15) is 17.6 Å². The number of sulfonamides is 1. The molecule has 0 N–H and O–H groups in total. The molecule has 0 spiro atoms. The Kier molecular flexibility index (Phi) is 5.54. The fourth-order valence-corrected chi connectivity index (χ4v) is 6.07. The maximum Gasteiger partial charge on any atom is 0.264 e. The number of halogens is 1. The third-order valence-corrected chi connectivity index (χ3v) is 8.08. The van der Waals surface area contributed by atoms with Crippen LogP contribution in [0.15, 0.2) is 77.7 Å². The van der Waals surface area contributed by atoms with Gasteiger partial charge in [0.15, 0.2) is 0 Å². The second-order valence-corrected chi connectivity index (χ2v) is 10.1. The van der Waals surface area contributed by atoms with E-state index in [1.807, 2.05) is 29.2 Å². The number of nitrogens with zero attached hydrogens (tertiary/aromatic N) is 3. The number of benzene rings is 3. The molecule has 1 amide bonds. The molecular weight excluding hydrogens is 441 g/mol.